The average Bonchev–Trinajstić information content (AvgIpc) is 2.16. The van der Waals surface area contributed by atoms with E-state index in [9.17, 15) is 4.79 Å². The molecule has 2 N–H and O–H groups in total. The third-order valence-corrected chi connectivity index (χ3v) is 2.08. The van der Waals surface area contributed by atoms with Crippen molar-refractivity contribution in [3.63, 3.8) is 0 Å². The lowest BCUT2D eigenvalue weighted by atomic mass is 10.2. The number of rotatable bonds is 4. The normalized spacial score (nSPS) is 10.2. The van der Waals surface area contributed by atoms with Crippen LogP contribution in [0.15, 0.2) is 24.3 Å². The molecule has 16 heavy (non-hydrogen) atoms. The summed E-state index contributed by atoms with van der Waals surface area (Å²) in [6.07, 6.45) is -0.0889. The second kappa shape index (κ2) is 5.39. The molecule has 0 atom stereocenters. The lowest BCUT2D eigenvalue weighted by Crippen LogP contribution is -2.29. The third-order valence-electron chi connectivity index (χ3n) is 2.08. The first-order valence-electron chi connectivity index (χ1n) is 5.26. The van der Waals surface area contributed by atoms with Gasteiger partial charge in [-0.3, -0.25) is 4.79 Å². The summed E-state index contributed by atoms with van der Waals surface area (Å²) in [5.74, 6) is -0.249. The summed E-state index contributed by atoms with van der Waals surface area (Å²) >= 11 is 0. The Labute approximate surface area is 96.0 Å². The Balaban J connectivity index is 2.62. The van der Waals surface area contributed by atoms with E-state index in [0.717, 1.165) is 5.69 Å². The smallest absolute Gasteiger partial charge is 0.325 e. The van der Waals surface area contributed by atoms with E-state index >= 15 is 0 Å². The van der Waals surface area contributed by atoms with E-state index < -0.39 is 0 Å². The van der Waals surface area contributed by atoms with Crippen LogP contribution in [0.4, 0.5) is 11.4 Å². The standard InChI is InChI=1S/C12H18N2O2/c1-9(2)16-12(15)8-14(3)11-7-5-4-6-10(11)13/h4-7,9H,8,13H2,1-3H3. The van der Waals surface area contributed by atoms with Crippen LogP contribution in [0.5, 0.6) is 0 Å². The molecule has 0 saturated carbocycles. The molecule has 0 fully saturated rings. The number of carbonyl (C=O) groups excluding carboxylic acids is 1. The van der Waals surface area contributed by atoms with Crippen molar-refractivity contribution in [3.8, 4) is 0 Å². The molecule has 0 amide bonds. The Morgan fingerprint density at radius 2 is 2.06 bits per heavy atom. The highest BCUT2D eigenvalue weighted by molar-refractivity contribution is 5.78. The number of nitrogens with zero attached hydrogens (tertiary/aromatic N) is 1. The van der Waals surface area contributed by atoms with Gasteiger partial charge < -0.3 is 15.4 Å². The van der Waals surface area contributed by atoms with Crippen molar-refractivity contribution in [2.75, 3.05) is 24.2 Å². The highest BCUT2D eigenvalue weighted by atomic mass is 16.5. The lowest BCUT2D eigenvalue weighted by Gasteiger charge is -2.20. The van der Waals surface area contributed by atoms with Crippen molar-refractivity contribution >= 4 is 17.3 Å². The minimum atomic E-state index is -0.249. The van der Waals surface area contributed by atoms with E-state index in [1.165, 1.54) is 0 Å². The van der Waals surface area contributed by atoms with Gasteiger partial charge in [0.1, 0.15) is 6.54 Å². The van der Waals surface area contributed by atoms with Crippen molar-refractivity contribution in [2.45, 2.75) is 20.0 Å². The van der Waals surface area contributed by atoms with Gasteiger partial charge in [0.25, 0.3) is 0 Å². The Bertz CT molecular complexity index is 364. The fourth-order valence-electron chi connectivity index (χ4n) is 1.41. The van der Waals surface area contributed by atoms with Gasteiger partial charge in [0.2, 0.25) is 0 Å². The van der Waals surface area contributed by atoms with Gasteiger partial charge in [0, 0.05) is 7.05 Å². The van der Waals surface area contributed by atoms with Crippen molar-refractivity contribution in [1.82, 2.24) is 0 Å². The van der Waals surface area contributed by atoms with Crippen LogP contribution in [0.25, 0.3) is 0 Å². The van der Waals surface area contributed by atoms with Crippen LogP contribution in [-0.2, 0) is 9.53 Å². The molecule has 0 unspecified atom stereocenters. The van der Waals surface area contributed by atoms with Crippen molar-refractivity contribution in [1.29, 1.82) is 0 Å². The van der Waals surface area contributed by atoms with Crippen LogP contribution in [0.1, 0.15) is 13.8 Å². The van der Waals surface area contributed by atoms with E-state index in [2.05, 4.69) is 0 Å². The zero-order chi connectivity index (χ0) is 12.1. The van der Waals surface area contributed by atoms with Crippen LogP contribution < -0.4 is 10.6 Å². The molecule has 0 radical (unpaired) electrons. The molecule has 0 aliphatic rings. The van der Waals surface area contributed by atoms with Gasteiger partial charge in [-0.2, -0.15) is 0 Å². The maximum Gasteiger partial charge on any atom is 0.325 e. The molecule has 0 saturated heterocycles. The molecule has 1 rings (SSSR count). The van der Waals surface area contributed by atoms with E-state index in [4.69, 9.17) is 10.5 Å². The van der Waals surface area contributed by atoms with Gasteiger partial charge in [0.05, 0.1) is 17.5 Å². The van der Waals surface area contributed by atoms with Crippen LogP contribution in [-0.4, -0.2) is 25.7 Å². The van der Waals surface area contributed by atoms with Crippen molar-refractivity contribution in [3.05, 3.63) is 24.3 Å². The molecule has 1 aromatic rings. The first-order valence-corrected chi connectivity index (χ1v) is 5.26. The van der Waals surface area contributed by atoms with Gasteiger partial charge in [-0.15, -0.1) is 0 Å². The van der Waals surface area contributed by atoms with Crippen LogP contribution in [0.2, 0.25) is 0 Å². The highest BCUT2D eigenvalue weighted by Crippen LogP contribution is 2.20. The van der Waals surface area contributed by atoms with E-state index in [1.54, 1.807) is 11.0 Å². The van der Waals surface area contributed by atoms with Crippen molar-refractivity contribution in [2.24, 2.45) is 0 Å². The minimum absolute atomic E-state index is 0.0889. The molecule has 0 spiro atoms. The summed E-state index contributed by atoms with van der Waals surface area (Å²) in [5.41, 5.74) is 7.30. The number of carbonyl (C=O) groups is 1. The monoisotopic (exact) mass is 222 g/mol. The molecule has 4 nitrogen and oxygen atoms in total. The first kappa shape index (κ1) is 12.4. The Kier molecular flexibility index (Phi) is 4.17. The lowest BCUT2D eigenvalue weighted by molar-refractivity contribution is -0.145. The van der Waals surface area contributed by atoms with E-state index in [0.29, 0.717) is 5.69 Å². The number of nitrogen functional groups attached to an aromatic ring is 1. The van der Waals surface area contributed by atoms with Gasteiger partial charge >= 0.3 is 5.97 Å². The second-order valence-electron chi connectivity index (χ2n) is 3.95. The Hall–Kier alpha value is -1.71. The summed E-state index contributed by atoms with van der Waals surface area (Å²) in [4.78, 5) is 13.2. The Morgan fingerprint density at radius 1 is 1.44 bits per heavy atom. The van der Waals surface area contributed by atoms with Crippen LogP contribution >= 0.6 is 0 Å². The number of likely N-dealkylation sites (N-methyl/N-ethyl adjacent to an activating group) is 1. The number of nitrogens with two attached hydrogens (primary N) is 1. The molecule has 1 aromatic carbocycles. The second-order valence-corrected chi connectivity index (χ2v) is 3.95. The van der Waals surface area contributed by atoms with Crippen molar-refractivity contribution < 1.29 is 9.53 Å². The number of anilines is 2. The highest BCUT2D eigenvalue weighted by Gasteiger charge is 2.11. The minimum Gasteiger partial charge on any atom is -0.462 e. The SMILES string of the molecule is CC(C)OC(=O)CN(C)c1ccccc1N. The van der Waals surface area contributed by atoms with Gasteiger partial charge in [-0.1, -0.05) is 12.1 Å². The largest absolute Gasteiger partial charge is 0.462 e. The topological polar surface area (TPSA) is 55.6 Å². The van der Waals surface area contributed by atoms with E-state index in [1.807, 2.05) is 39.1 Å². The number of para-hydroxylation sites is 2. The molecule has 4 heteroatoms. The number of hydrogen-bond donors (Lipinski definition) is 1. The third kappa shape index (κ3) is 3.46. The summed E-state index contributed by atoms with van der Waals surface area (Å²) in [5, 5.41) is 0. The maximum absolute atomic E-state index is 11.4. The number of benzene rings is 1. The van der Waals surface area contributed by atoms with Gasteiger partial charge in [-0.25, -0.2) is 0 Å². The molecule has 0 bridgehead atoms. The average molecular weight is 222 g/mol. The van der Waals surface area contributed by atoms with Gasteiger partial charge in [-0.05, 0) is 26.0 Å². The summed E-state index contributed by atoms with van der Waals surface area (Å²) < 4.78 is 5.06. The van der Waals surface area contributed by atoms with E-state index in [-0.39, 0.29) is 18.6 Å². The van der Waals surface area contributed by atoms with Crippen LogP contribution in [0, 0.1) is 0 Å². The summed E-state index contributed by atoms with van der Waals surface area (Å²) in [6.45, 7) is 3.86. The predicted octanol–water partition coefficient (Wildman–Crippen LogP) is 1.66. The molecule has 0 heterocycles. The first-order chi connectivity index (χ1) is 7.50. The number of ether oxygens (including phenoxy) is 1. The molecule has 88 valence electrons. The predicted molar refractivity (Wildman–Crippen MR) is 65.4 cm³/mol. The zero-order valence-electron chi connectivity index (χ0n) is 9.93. The van der Waals surface area contributed by atoms with Crippen LogP contribution in [0.3, 0.4) is 0 Å². The molecule has 0 aromatic heterocycles. The summed E-state index contributed by atoms with van der Waals surface area (Å²) in [7, 11) is 1.81. The molecule has 0 aliphatic heterocycles. The van der Waals surface area contributed by atoms with Gasteiger partial charge in [0.15, 0.2) is 0 Å². The fraction of sp³-hybridized carbons (Fsp3) is 0.417. The zero-order valence-corrected chi connectivity index (χ0v) is 9.93. The maximum atomic E-state index is 11.4. The molecular formula is C12H18N2O2. The fourth-order valence-corrected chi connectivity index (χ4v) is 1.41. The molecule has 0 aliphatic carbocycles. The molecular weight excluding hydrogens is 204 g/mol. The Morgan fingerprint density at radius 3 is 2.62 bits per heavy atom. The summed E-state index contributed by atoms with van der Waals surface area (Å²) in [6, 6.07) is 7.42. The number of hydrogen-bond acceptors (Lipinski definition) is 4. The quantitative estimate of drug-likeness (QED) is 0.621. The number of esters is 1.